The molecule has 0 unspecified atom stereocenters. The van der Waals surface area contributed by atoms with Crippen LogP contribution in [0.15, 0.2) is 169 Å². The summed E-state index contributed by atoms with van der Waals surface area (Å²) in [5.41, 5.74) is 4.76. The van der Waals surface area contributed by atoms with Gasteiger partial charge in [0.2, 0.25) is 0 Å². The zero-order chi connectivity index (χ0) is 42.2. The number of anilines is 1. The van der Waals surface area contributed by atoms with E-state index in [2.05, 4.69) is 83.8 Å². The minimum absolute atomic E-state index is 0.664. The van der Waals surface area contributed by atoms with Crippen molar-refractivity contribution in [2.45, 2.75) is 110 Å². The van der Waals surface area contributed by atoms with Crippen LogP contribution < -0.4 is 19.1 Å². The average Bonchev–Trinajstić information content (AvgIpc) is 3.34. The van der Waals surface area contributed by atoms with Crippen molar-refractivity contribution in [3.8, 4) is 23.0 Å². The minimum atomic E-state index is 0.664. The fourth-order valence-corrected chi connectivity index (χ4v) is 9.84. The van der Waals surface area contributed by atoms with Gasteiger partial charge in [-0.05, 0) is 97.5 Å². The van der Waals surface area contributed by atoms with E-state index in [1.54, 1.807) is 28.6 Å². The molecule has 5 heterocycles. The highest BCUT2D eigenvalue weighted by molar-refractivity contribution is 8.05. The standard InChI is InChI=1S/C12H15N.C12H8OS.C12H8S2.C8H8O2.4C2H6/c1-4-10-6-2-8-13-9-3-7-11(5-1)12(10)13;1-3-7-11-9(5-1)13-10-6-2-4-8-12(10)14-11;1-2-6-10-9(5-1)13-11-7-3-4-8-12(11)14-10;1-2-4-8-7(3-1)9-5-6-10-8;4*1-2/h1,4-5H,2-3,6-9H2;2*1-8H;1-4H,5-6H2;4*1-2H3. The normalized spacial score (nSPS) is 13.4. The van der Waals surface area contributed by atoms with Crippen LogP contribution in [-0.2, 0) is 12.8 Å². The lowest BCUT2D eigenvalue weighted by atomic mass is 9.92. The van der Waals surface area contributed by atoms with E-state index in [4.69, 9.17) is 14.2 Å². The number of ether oxygens (including phenoxy) is 3. The van der Waals surface area contributed by atoms with E-state index in [0.717, 1.165) is 23.0 Å². The molecule has 0 aliphatic carbocycles. The first-order chi connectivity index (χ1) is 29.3. The number of aryl methyl sites for hydroxylation is 2. The zero-order valence-electron chi connectivity index (χ0n) is 36.3. The molecule has 0 amide bonds. The Hall–Kier alpha value is -4.43. The Morgan fingerprint density at radius 1 is 0.373 bits per heavy atom. The fourth-order valence-electron chi connectivity index (χ4n) is 6.65. The maximum absolute atomic E-state index is 5.76. The highest BCUT2D eigenvalue weighted by atomic mass is 32.2. The lowest BCUT2D eigenvalue weighted by Crippen LogP contribution is -2.34. The summed E-state index contributed by atoms with van der Waals surface area (Å²) >= 11 is 5.48. The maximum Gasteiger partial charge on any atom is 0.161 e. The summed E-state index contributed by atoms with van der Waals surface area (Å²) in [6.45, 7) is 19.9. The summed E-state index contributed by atoms with van der Waals surface area (Å²) in [5.74, 6) is 3.62. The van der Waals surface area contributed by atoms with E-state index in [1.165, 1.54) is 68.1 Å². The monoisotopic (exact) mass is 845 g/mol. The molecule has 4 nitrogen and oxygen atoms in total. The summed E-state index contributed by atoms with van der Waals surface area (Å²) in [6.07, 6.45) is 5.27. The van der Waals surface area contributed by atoms with Crippen molar-refractivity contribution in [1.29, 1.82) is 0 Å². The van der Waals surface area contributed by atoms with Gasteiger partial charge in [-0.2, -0.15) is 0 Å². The first-order valence-electron chi connectivity index (χ1n) is 21.6. The van der Waals surface area contributed by atoms with Crippen molar-refractivity contribution in [2.75, 3.05) is 31.2 Å². The molecular weight excluding hydrogens is 783 g/mol. The largest absolute Gasteiger partial charge is 0.486 e. The third-order valence-corrected chi connectivity index (χ3v) is 12.7. The van der Waals surface area contributed by atoms with E-state index in [9.17, 15) is 0 Å². The quantitative estimate of drug-likeness (QED) is 0.150. The van der Waals surface area contributed by atoms with Crippen molar-refractivity contribution in [3.05, 3.63) is 151 Å². The summed E-state index contributed by atoms with van der Waals surface area (Å²) in [4.78, 5) is 10.4. The van der Waals surface area contributed by atoms with Gasteiger partial charge in [-0.3, -0.25) is 0 Å². The van der Waals surface area contributed by atoms with Crippen LogP contribution in [0.3, 0.4) is 0 Å². The molecule has 5 aliphatic rings. The summed E-state index contributed by atoms with van der Waals surface area (Å²) in [6, 6.07) is 47.9. The first kappa shape index (κ1) is 47.3. The molecule has 6 aromatic carbocycles. The number of hydrogen-bond donors (Lipinski definition) is 0. The molecule has 0 bridgehead atoms. The van der Waals surface area contributed by atoms with E-state index in [0.29, 0.717) is 13.2 Å². The zero-order valence-corrected chi connectivity index (χ0v) is 38.8. The van der Waals surface area contributed by atoms with Crippen LogP contribution in [0.5, 0.6) is 23.0 Å². The van der Waals surface area contributed by atoms with Gasteiger partial charge >= 0.3 is 0 Å². The molecule has 5 aliphatic heterocycles. The number of nitrogens with zero attached hydrogens (tertiary/aromatic N) is 1. The summed E-state index contributed by atoms with van der Waals surface area (Å²) in [7, 11) is 0. The molecule has 0 N–H and O–H groups in total. The molecule has 0 saturated carbocycles. The molecule has 0 aromatic heterocycles. The van der Waals surface area contributed by atoms with Crippen molar-refractivity contribution in [2.24, 2.45) is 0 Å². The maximum atomic E-state index is 5.76. The van der Waals surface area contributed by atoms with Gasteiger partial charge in [0.25, 0.3) is 0 Å². The Bertz CT molecular complexity index is 1800. The van der Waals surface area contributed by atoms with Gasteiger partial charge in [-0.15, -0.1) is 0 Å². The number of para-hydroxylation sites is 5. The Kier molecular flexibility index (Phi) is 21.3. The Morgan fingerprint density at radius 2 is 0.695 bits per heavy atom. The molecular formula is C52H63NO3S3. The minimum Gasteiger partial charge on any atom is -0.486 e. The van der Waals surface area contributed by atoms with Gasteiger partial charge in [0.1, 0.15) is 24.7 Å². The second-order valence-electron chi connectivity index (χ2n) is 12.5. The number of fused-ring (bicyclic) bond motifs is 5. The van der Waals surface area contributed by atoms with Crippen LogP contribution >= 0.6 is 35.3 Å². The second-order valence-corrected chi connectivity index (χ2v) is 15.7. The van der Waals surface area contributed by atoms with Gasteiger partial charge in [0, 0.05) is 38.4 Å². The van der Waals surface area contributed by atoms with Crippen LogP contribution in [0.4, 0.5) is 5.69 Å². The SMILES string of the molecule is CC.CC.CC.CC.c1cc2c3c(c1)CCCN3CCC2.c1ccc2c(c1)OCCO2.c1ccc2c(c1)Oc1ccccc1S2.c1ccc2c(c1)Sc1ccccc1S2. The van der Waals surface area contributed by atoms with Gasteiger partial charge in [0.05, 0.1) is 9.79 Å². The number of benzene rings is 6. The predicted octanol–water partition coefficient (Wildman–Crippen LogP) is 16.2. The topological polar surface area (TPSA) is 30.9 Å². The van der Waals surface area contributed by atoms with E-state index in [1.807, 2.05) is 140 Å². The molecule has 11 rings (SSSR count). The van der Waals surface area contributed by atoms with E-state index < -0.39 is 0 Å². The van der Waals surface area contributed by atoms with E-state index >= 15 is 0 Å². The van der Waals surface area contributed by atoms with Crippen molar-refractivity contribution in [1.82, 2.24) is 0 Å². The first-order valence-corrected chi connectivity index (χ1v) is 24.0. The van der Waals surface area contributed by atoms with Crippen LogP contribution in [0.25, 0.3) is 0 Å². The Labute approximate surface area is 368 Å². The van der Waals surface area contributed by atoms with Crippen LogP contribution in [0.1, 0.15) is 79.4 Å². The third-order valence-electron chi connectivity index (χ3n) is 8.99. The Morgan fingerprint density at radius 3 is 1.08 bits per heavy atom. The lowest BCUT2D eigenvalue weighted by Gasteiger charge is -2.36. The molecule has 0 radical (unpaired) electrons. The van der Waals surface area contributed by atoms with Crippen molar-refractivity contribution >= 4 is 41.0 Å². The molecule has 0 spiro atoms. The summed E-state index contributed by atoms with van der Waals surface area (Å²) < 4.78 is 16.4. The van der Waals surface area contributed by atoms with Crippen LogP contribution in [0, 0.1) is 0 Å². The van der Waals surface area contributed by atoms with Crippen molar-refractivity contribution in [3.63, 3.8) is 0 Å². The fraction of sp³-hybridized carbons (Fsp3) is 0.308. The molecule has 0 atom stereocenters. The van der Waals surface area contributed by atoms with E-state index in [-0.39, 0.29) is 0 Å². The van der Waals surface area contributed by atoms with Crippen LogP contribution in [-0.4, -0.2) is 26.3 Å². The van der Waals surface area contributed by atoms with Crippen molar-refractivity contribution < 1.29 is 14.2 Å². The number of hydrogen-bond acceptors (Lipinski definition) is 7. The summed E-state index contributed by atoms with van der Waals surface area (Å²) in [5, 5.41) is 0. The molecule has 59 heavy (non-hydrogen) atoms. The smallest absolute Gasteiger partial charge is 0.161 e. The van der Waals surface area contributed by atoms with Gasteiger partial charge in [-0.1, -0.05) is 170 Å². The number of rotatable bonds is 0. The molecule has 0 saturated heterocycles. The predicted molar refractivity (Wildman–Crippen MR) is 256 cm³/mol. The Balaban J connectivity index is 0.000000165. The lowest BCUT2D eigenvalue weighted by molar-refractivity contribution is 0.171. The van der Waals surface area contributed by atoms with Gasteiger partial charge < -0.3 is 19.1 Å². The molecule has 0 fully saturated rings. The molecule has 7 heteroatoms. The highest BCUT2D eigenvalue weighted by Crippen LogP contribution is 2.48. The highest BCUT2D eigenvalue weighted by Gasteiger charge is 2.22. The second kappa shape index (κ2) is 26.6. The molecule has 312 valence electrons. The van der Waals surface area contributed by atoms with Gasteiger partial charge in [0.15, 0.2) is 11.5 Å². The average molecular weight is 846 g/mol. The third kappa shape index (κ3) is 13.3. The molecule has 6 aromatic rings. The van der Waals surface area contributed by atoms with Crippen LogP contribution in [0.2, 0.25) is 0 Å². The van der Waals surface area contributed by atoms with Gasteiger partial charge in [-0.25, -0.2) is 0 Å².